The Morgan fingerprint density at radius 3 is 2.69 bits per heavy atom. The van der Waals surface area contributed by atoms with Crippen LogP contribution in [0.15, 0.2) is 24.3 Å². The molecular formula is C14H21NO. The first kappa shape index (κ1) is 11.6. The van der Waals surface area contributed by atoms with Crippen molar-refractivity contribution in [2.75, 3.05) is 13.1 Å². The monoisotopic (exact) mass is 219 g/mol. The molecule has 1 N–H and O–H groups in total. The quantitative estimate of drug-likeness (QED) is 0.842. The number of hydrogen-bond donors (Lipinski definition) is 1. The predicted molar refractivity (Wildman–Crippen MR) is 66.3 cm³/mol. The van der Waals surface area contributed by atoms with Crippen molar-refractivity contribution in [3.63, 3.8) is 0 Å². The van der Waals surface area contributed by atoms with Gasteiger partial charge in [-0.3, -0.25) is 4.90 Å². The van der Waals surface area contributed by atoms with Crippen molar-refractivity contribution in [3.05, 3.63) is 35.4 Å². The second-order valence-electron chi connectivity index (χ2n) is 5.08. The zero-order valence-corrected chi connectivity index (χ0v) is 10.2. The molecule has 0 spiro atoms. The predicted octanol–water partition coefficient (Wildman–Crippen LogP) is 2.21. The summed E-state index contributed by atoms with van der Waals surface area (Å²) in [5.41, 5.74) is 2.34. The lowest BCUT2D eigenvalue weighted by atomic mass is 9.97. The van der Waals surface area contributed by atoms with Gasteiger partial charge in [0.25, 0.3) is 0 Å². The number of aliphatic hydroxyl groups is 1. The fourth-order valence-corrected chi connectivity index (χ4v) is 2.28. The van der Waals surface area contributed by atoms with E-state index in [4.69, 9.17) is 0 Å². The molecule has 1 aromatic carbocycles. The van der Waals surface area contributed by atoms with E-state index in [1.165, 1.54) is 11.1 Å². The van der Waals surface area contributed by atoms with Crippen LogP contribution >= 0.6 is 0 Å². The Balaban J connectivity index is 2.03. The van der Waals surface area contributed by atoms with Crippen molar-refractivity contribution < 1.29 is 5.11 Å². The summed E-state index contributed by atoms with van der Waals surface area (Å²) < 4.78 is 0. The van der Waals surface area contributed by atoms with Crippen LogP contribution in [0.2, 0.25) is 0 Å². The number of rotatable bonds is 3. The molecule has 1 unspecified atom stereocenters. The molecule has 1 atom stereocenters. The van der Waals surface area contributed by atoms with Crippen LogP contribution in [0.1, 0.15) is 31.4 Å². The molecule has 0 saturated heterocycles. The van der Waals surface area contributed by atoms with Crippen LogP contribution < -0.4 is 0 Å². The standard InChI is InChI=1S/C14H21NO/c1-3-14(2,16)11-15-9-8-12-6-4-5-7-13(12)10-15/h4-7,16H,3,8-11H2,1-2H3. The number of benzene rings is 1. The third kappa shape index (κ3) is 2.63. The summed E-state index contributed by atoms with van der Waals surface area (Å²) in [6.07, 6.45) is 1.92. The van der Waals surface area contributed by atoms with Gasteiger partial charge in [-0.15, -0.1) is 0 Å². The molecule has 0 aromatic heterocycles. The van der Waals surface area contributed by atoms with Crippen LogP contribution in [0.4, 0.5) is 0 Å². The lowest BCUT2D eigenvalue weighted by Crippen LogP contribution is -2.42. The molecule has 1 heterocycles. The summed E-state index contributed by atoms with van der Waals surface area (Å²) in [6, 6.07) is 8.61. The molecule has 88 valence electrons. The van der Waals surface area contributed by atoms with Gasteiger partial charge in [-0.05, 0) is 30.9 Å². The van der Waals surface area contributed by atoms with Crippen molar-refractivity contribution in [2.24, 2.45) is 0 Å². The SMILES string of the molecule is CCC(C)(O)CN1CCc2ccccc2C1. The van der Waals surface area contributed by atoms with E-state index in [-0.39, 0.29) is 0 Å². The average Bonchev–Trinajstić information content (AvgIpc) is 2.28. The zero-order valence-electron chi connectivity index (χ0n) is 10.2. The van der Waals surface area contributed by atoms with E-state index in [0.717, 1.165) is 32.5 Å². The first-order chi connectivity index (χ1) is 7.61. The summed E-state index contributed by atoms with van der Waals surface area (Å²) in [5, 5.41) is 10.1. The van der Waals surface area contributed by atoms with Crippen molar-refractivity contribution in [1.82, 2.24) is 4.90 Å². The fourth-order valence-electron chi connectivity index (χ4n) is 2.28. The van der Waals surface area contributed by atoms with Crippen LogP contribution in [-0.4, -0.2) is 28.7 Å². The van der Waals surface area contributed by atoms with Gasteiger partial charge in [-0.25, -0.2) is 0 Å². The van der Waals surface area contributed by atoms with E-state index in [0.29, 0.717) is 0 Å². The van der Waals surface area contributed by atoms with Crippen molar-refractivity contribution in [1.29, 1.82) is 0 Å². The Bertz CT molecular complexity index is 360. The van der Waals surface area contributed by atoms with Gasteiger partial charge in [0.15, 0.2) is 0 Å². The minimum Gasteiger partial charge on any atom is -0.389 e. The van der Waals surface area contributed by atoms with Crippen molar-refractivity contribution in [3.8, 4) is 0 Å². The first-order valence-corrected chi connectivity index (χ1v) is 6.12. The molecule has 0 fully saturated rings. The highest BCUT2D eigenvalue weighted by Gasteiger charge is 2.24. The van der Waals surface area contributed by atoms with Crippen molar-refractivity contribution >= 4 is 0 Å². The lowest BCUT2D eigenvalue weighted by Gasteiger charge is -2.34. The molecule has 2 rings (SSSR count). The molecule has 0 radical (unpaired) electrons. The van der Waals surface area contributed by atoms with Gasteiger partial charge in [-0.1, -0.05) is 31.2 Å². The smallest absolute Gasteiger partial charge is 0.0743 e. The van der Waals surface area contributed by atoms with Crippen LogP contribution in [0.3, 0.4) is 0 Å². The van der Waals surface area contributed by atoms with Crippen LogP contribution in [0, 0.1) is 0 Å². The Labute approximate surface area is 97.9 Å². The Morgan fingerprint density at radius 1 is 1.31 bits per heavy atom. The van der Waals surface area contributed by atoms with Gasteiger partial charge in [0.1, 0.15) is 0 Å². The highest BCUT2D eigenvalue weighted by atomic mass is 16.3. The number of nitrogens with zero attached hydrogens (tertiary/aromatic N) is 1. The first-order valence-electron chi connectivity index (χ1n) is 6.12. The average molecular weight is 219 g/mol. The van der Waals surface area contributed by atoms with Gasteiger partial charge in [0, 0.05) is 19.6 Å². The fraction of sp³-hybridized carbons (Fsp3) is 0.571. The van der Waals surface area contributed by atoms with Crippen LogP contribution in [-0.2, 0) is 13.0 Å². The maximum absolute atomic E-state index is 10.1. The minimum absolute atomic E-state index is 0.549. The minimum atomic E-state index is -0.549. The highest BCUT2D eigenvalue weighted by molar-refractivity contribution is 5.29. The topological polar surface area (TPSA) is 23.5 Å². The maximum atomic E-state index is 10.1. The third-order valence-electron chi connectivity index (χ3n) is 3.54. The van der Waals surface area contributed by atoms with Crippen LogP contribution in [0.5, 0.6) is 0 Å². The van der Waals surface area contributed by atoms with E-state index in [9.17, 15) is 5.11 Å². The van der Waals surface area contributed by atoms with Gasteiger partial charge < -0.3 is 5.11 Å². The molecular weight excluding hydrogens is 198 g/mol. The van der Waals surface area contributed by atoms with Crippen molar-refractivity contribution in [2.45, 2.75) is 38.8 Å². The lowest BCUT2D eigenvalue weighted by molar-refractivity contribution is 0.0124. The highest BCUT2D eigenvalue weighted by Crippen LogP contribution is 2.21. The van der Waals surface area contributed by atoms with E-state index < -0.39 is 5.60 Å². The third-order valence-corrected chi connectivity index (χ3v) is 3.54. The van der Waals surface area contributed by atoms with Gasteiger partial charge in [-0.2, -0.15) is 0 Å². The second kappa shape index (κ2) is 4.56. The summed E-state index contributed by atoms with van der Waals surface area (Å²) >= 11 is 0. The summed E-state index contributed by atoms with van der Waals surface area (Å²) in [6.45, 7) is 6.78. The molecule has 2 heteroatoms. The summed E-state index contributed by atoms with van der Waals surface area (Å²) in [5.74, 6) is 0. The van der Waals surface area contributed by atoms with E-state index >= 15 is 0 Å². The molecule has 1 aliphatic heterocycles. The van der Waals surface area contributed by atoms with E-state index in [1.54, 1.807) is 0 Å². The van der Waals surface area contributed by atoms with Gasteiger partial charge >= 0.3 is 0 Å². The summed E-state index contributed by atoms with van der Waals surface area (Å²) in [7, 11) is 0. The second-order valence-corrected chi connectivity index (χ2v) is 5.08. The Morgan fingerprint density at radius 2 is 2.00 bits per heavy atom. The van der Waals surface area contributed by atoms with Gasteiger partial charge in [0.05, 0.1) is 5.60 Å². The Kier molecular flexibility index (Phi) is 3.31. The number of hydrogen-bond acceptors (Lipinski definition) is 2. The van der Waals surface area contributed by atoms with E-state index in [1.807, 2.05) is 13.8 Å². The largest absolute Gasteiger partial charge is 0.389 e. The molecule has 0 bridgehead atoms. The molecule has 0 amide bonds. The number of fused-ring (bicyclic) bond motifs is 1. The summed E-state index contributed by atoms with van der Waals surface area (Å²) in [4.78, 5) is 2.35. The normalized spacial score (nSPS) is 20.2. The Hall–Kier alpha value is -0.860. The number of β-amino-alcohol motifs (C(OH)–C–C–N with tert-alkyl or cyclic N) is 1. The molecule has 1 aromatic rings. The zero-order chi connectivity index (χ0) is 11.6. The molecule has 16 heavy (non-hydrogen) atoms. The molecule has 0 saturated carbocycles. The van der Waals surface area contributed by atoms with E-state index in [2.05, 4.69) is 29.2 Å². The maximum Gasteiger partial charge on any atom is 0.0743 e. The van der Waals surface area contributed by atoms with Gasteiger partial charge in [0.2, 0.25) is 0 Å². The molecule has 0 aliphatic carbocycles. The molecule has 1 aliphatic rings. The molecule has 2 nitrogen and oxygen atoms in total. The van der Waals surface area contributed by atoms with Crippen LogP contribution in [0.25, 0.3) is 0 Å².